The number of nitrogen functional groups attached to an aromatic ring is 1. The van der Waals surface area contributed by atoms with Crippen LogP contribution in [-0.4, -0.2) is 34.6 Å². The van der Waals surface area contributed by atoms with Crippen LogP contribution in [0.1, 0.15) is 22.5 Å². The number of anilines is 2. The number of nitrogens with two attached hydrogens (primary N) is 1. The maximum Gasteiger partial charge on any atom is 0.180 e. The predicted octanol–water partition coefficient (Wildman–Crippen LogP) is 1.39. The van der Waals surface area contributed by atoms with Gasteiger partial charge in [0.05, 0.1) is 10.6 Å². The van der Waals surface area contributed by atoms with Gasteiger partial charge < -0.3 is 10.6 Å². The van der Waals surface area contributed by atoms with Gasteiger partial charge in [-0.15, -0.1) is 11.3 Å². The first-order valence-corrected chi connectivity index (χ1v) is 8.28. The van der Waals surface area contributed by atoms with Crippen molar-refractivity contribution in [2.75, 3.05) is 31.0 Å². The molecule has 1 aromatic heterocycles. The van der Waals surface area contributed by atoms with Gasteiger partial charge in [0, 0.05) is 26.3 Å². The third kappa shape index (κ3) is 2.24. The van der Waals surface area contributed by atoms with E-state index >= 15 is 0 Å². The number of rotatable bonds is 4. The molecule has 0 amide bonds. The summed E-state index contributed by atoms with van der Waals surface area (Å²) in [5.41, 5.74) is 5.99. The summed E-state index contributed by atoms with van der Waals surface area (Å²) in [5.74, 6) is 0.0175. The molecule has 0 unspecified atom stereocenters. The van der Waals surface area contributed by atoms with Crippen LogP contribution >= 0.6 is 11.3 Å². The molecular formula is C11H16N2O3S2. The van der Waals surface area contributed by atoms with Crippen molar-refractivity contribution in [1.29, 1.82) is 0 Å². The minimum atomic E-state index is -3.44. The number of carbonyl (C=O) groups excluding carboxylic acids is 1. The quantitative estimate of drug-likeness (QED) is 0.847. The lowest BCUT2D eigenvalue weighted by atomic mass is 10.2. The van der Waals surface area contributed by atoms with Crippen LogP contribution in [0, 0.1) is 5.92 Å². The summed E-state index contributed by atoms with van der Waals surface area (Å²) in [4.78, 5) is 14.2. The minimum absolute atomic E-state index is 0.0181. The fourth-order valence-corrected chi connectivity index (χ4v) is 4.49. The van der Waals surface area contributed by atoms with Crippen LogP contribution in [0.25, 0.3) is 0 Å². The van der Waals surface area contributed by atoms with Gasteiger partial charge >= 0.3 is 0 Å². The van der Waals surface area contributed by atoms with Crippen molar-refractivity contribution in [3.63, 3.8) is 0 Å². The van der Waals surface area contributed by atoms with Crippen LogP contribution in [-0.2, 0) is 9.84 Å². The van der Waals surface area contributed by atoms with E-state index in [9.17, 15) is 13.2 Å². The second-order valence-corrected chi connectivity index (χ2v) is 7.74. The number of ketones is 1. The van der Waals surface area contributed by atoms with Gasteiger partial charge in [-0.3, -0.25) is 4.79 Å². The van der Waals surface area contributed by atoms with Crippen molar-refractivity contribution in [2.24, 2.45) is 5.92 Å². The van der Waals surface area contributed by atoms with Crippen LogP contribution < -0.4 is 10.6 Å². The van der Waals surface area contributed by atoms with Gasteiger partial charge in [0.15, 0.2) is 15.6 Å². The Labute approximate surface area is 111 Å². The van der Waals surface area contributed by atoms with Gasteiger partial charge in [-0.2, -0.15) is 0 Å². The number of hydrogen-bond acceptors (Lipinski definition) is 6. The fourth-order valence-electron chi connectivity index (χ4n) is 1.78. The van der Waals surface area contributed by atoms with E-state index in [1.54, 1.807) is 19.0 Å². The smallest absolute Gasteiger partial charge is 0.180 e. The molecule has 7 heteroatoms. The molecule has 0 radical (unpaired) electrons. The van der Waals surface area contributed by atoms with Crippen molar-refractivity contribution in [1.82, 2.24) is 0 Å². The lowest BCUT2D eigenvalue weighted by Gasteiger charge is -2.11. The molecule has 0 aromatic carbocycles. The van der Waals surface area contributed by atoms with Gasteiger partial charge in [0.2, 0.25) is 0 Å². The molecule has 1 aliphatic rings. The molecule has 0 bridgehead atoms. The van der Waals surface area contributed by atoms with E-state index in [4.69, 9.17) is 5.73 Å². The first kappa shape index (κ1) is 13.4. The van der Waals surface area contributed by atoms with Crippen molar-refractivity contribution in [3.8, 4) is 0 Å². The van der Waals surface area contributed by atoms with Gasteiger partial charge in [-0.25, -0.2) is 8.42 Å². The SMILES string of the molecule is CN(C)c1sc(C(=O)C2CC2)c(N)c1S(C)(=O)=O. The van der Waals surface area contributed by atoms with Crippen LogP contribution in [0.2, 0.25) is 0 Å². The Morgan fingerprint density at radius 1 is 1.39 bits per heavy atom. The Kier molecular flexibility index (Phi) is 3.14. The molecule has 100 valence electrons. The molecule has 2 rings (SSSR count). The normalized spacial score (nSPS) is 15.7. The Hall–Kier alpha value is -1.08. The molecule has 18 heavy (non-hydrogen) atoms. The van der Waals surface area contributed by atoms with Gasteiger partial charge in [-0.1, -0.05) is 0 Å². The number of Topliss-reactive ketones (excluding diaryl/α,β-unsaturated/α-hetero) is 1. The molecule has 1 saturated carbocycles. The Bertz CT molecular complexity index is 598. The molecule has 0 spiro atoms. The molecule has 5 nitrogen and oxygen atoms in total. The van der Waals surface area contributed by atoms with Crippen LogP contribution in [0.15, 0.2) is 4.90 Å². The summed E-state index contributed by atoms with van der Waals surface area (Å²) in [7, 11) is 0.0472. The predicted molar refractivity (Wildman–Crippen MR) is 73.2 cm³/mol. The zero-order valence-electron chi connectivity index (χ0n) is 10.6. The van der Waals surface area contributed by atoms with E-state index in [2.05, 4.69) is 0 Å². The number of thiophene rings is 1. The first-order valence-electron chi connectivity index (χ1n) is 5.57. The molecule has 0 aliphatic heterocycles. The fraction of sp³-hybridized carbons (Fsp3) is 0.545. The van der Waals surface area contributed by atoms with E-state index in [1.807, 2.05) is 0 Å². The summed E-state index contributed by atoms with van der Waals surface area (Å²) in [6, 6.07) is 0. The van der Waals surface area contributed by atoms with Crippen LogP contribution in [0.3, 0.4) is 0 Å². The molecular weight excluding hydrogens is 272 g/mol. The Morgan fingerprint density at radius 2 is 1.94 bits per heavy atom. The van der Waals surface area contributed by atoms with Gasteiger partial charge in [-0.05, 0) is 12.8 Å². The zero-order valence-corrected chi connectivity index (χ0v) is 12.2. The maximum absolute atomic E-state index is 12.1. The number of hydrogen-bond donors (Lipinski definition) is 1. The summed E-state index contributed by atoms with van der Waals surface area (Å²) in [6.45, 7) is 0. The van der Waals surface area contributed by atoms with Crippen molar-refractivity contribution >= 4 is 37.6 Å². The second-order valence-electron chi connectivity index (χ2n) is 4.78. The largest absolute Gasteiger partial charge is 0.396 e. The standard InChI is InChI=1S/C11H16N2O3S2/c1-13(2)11-10(18(3,15)16)7(12)9(17-11)8(14)6-4-5-6/h6H,4-5,12H2,1-3H3. The summed E-state index contributed by atoms with van der Waals surface area (Å²) >= 11 is 1.17. The average molecular weight is 288 g/mol. The summed E-state index contributed by atoms with van der Waals surface area (Å²) in [5, 5.41) is 0.527. The Balaban J connectivity index is 2.61. The molecule has 0 atom stereocenters. The van der Waals surface area contributed by atoms with E-state index in [0.717, 1.165) is 19.1 Å². The number of carbonyl (C=O) groups is 1. The van der Waals surface area contributed by atoms with Crippen LogP contribution in [0.4, 0.5) is 10.7 Å². The highest BCUT2D eigenvalue weighted by Crippen LogP contribution is 2.44. The number of nitrogens with zero attached hydrogens (tertiary/aromatic N) is 1. The van der Waals surface area contributed by atoms with Gasteiger partial charge in [0.1, 0.15) is 9.90 Å². The number of sulfone groups is 1. The highest BCUT2D eigenvalue weighted by molar-refractivity contribution is 7.91. The third-order valence-corrected chi connectivity index (χ3v) is 5.50. The maximum atomic E-state index is 12.1. The molecule has 1 heterocycles. The molecule has 1 aromatic rings. The monoisotopic (exact) mass is 288 g/mol. The highest BCUT2D eigenvalue weighted by atomic mass is 32.2. The minimum Gasteiger partial charge on any atom is -0.396 e. The van der Waals surface area contributed by atoms with Gasteiger partial charge in [0.25, 0.3) is 0 Å². The van der Waals surface area contributed by atoms with Crippen LogP contribution in [0.5, 0.6) is 0 Å². The third-order valence-electron chi connectivity index (χ3n) is 2.83. The Morgan fingerprint density at radius 3 is 2.28 bits per heavy atom. The lowest BCUT2D eigenvalue weighted by molar-refractivity contribution is 0.0972. The van der Waals surface area contributed by atoms with Crippen molar-refractivity contribution in [3.05, 3.63) is 4.88 Å². The zero-order chi connectivity index (χ0) is 13.7. The molecule has 0 saturated heterocycles. The van der Waals surface area contributed by atoms with E-state index in [-0.39, 0.29) is 22.3 Å². The van der Waals surface area contributed by atoms with E-state index in [0.29, 0.717) is 9.88 Å². The average Bonchev–Trinajstić information content (AvgIpc) is 2.99. The van der Waals surface area contributed by atoms with E-state index in [1.165, 1.54) is 11.3 Å². The summed E-state index contributed by atoms with van der Waals surface area (Å²) in [6.07, 6.45) is 2.87. The molecule has 1 fully saturated rings. The first-order chi connectivity index (χ1) is 8.23. The summed E-state index contributed by atoms with van der Waals surface area (Å²) < 4.78 is 23.6. The van der Waals surface area contributed by atoms with E-state index < -0.39 is 9.84 Å². The van der Waals surface area contributed by atoms with Crippen molar-refractivity contribution < 1.29 is 13.2 Å². The molecule has 2 N–H and O–H groups in total. The lowest BCUT2D eigenvalue weighted by Crippen LogP contribution is -2.12. The van der Waals surface area contributed by atoms with Crippen molar-refractivity contribution in [2.45, 2.75) is 17.7 Å². The topological polar surface area (TPSA) is 80.5 Å². The second kappa shape index (κ2) is 4.24. The highest BCUT2D eigenvalue weighted by Gasteiger charge is 2.35. The molecule has 1 aliphatic carbocycles.